The quantitative estimate of drug-likeness (QED) is 0.813. The molecule has 0 heterocycles. The Bertz CT molecular complexity index is 601. The van der Waals surface area contributed by atoms with Gasteiger partial charge in [0, 0.05) is 0 Å². The zero-order valence-electron chi connectivity index (χ0n) is 16.4. The van der Waals surface area contributed by atoms with Crippen LogP contribution in [0.3, 0.4) is 0 Å². The van der Waals surface area contributed by atoms with Crippen LogP contribution in [0, 0.1) is 0 Å². The molecule has 0 aliphatic heterocycles. The second-order valence-corrected chi connectivity index (χ2v) is 8.11. The van der Waals surface area contributed by atoms with Crippen molar-refractivity contribution in [1.29, 1.82) is 0 Å². The summed E-state index contributed by atoms with van der Waals surface area (Å²) in [6.45, 7) is 7.51. The molecule has 1 aliphatic rings. The fourth-order valence-electron chi connectivity index (χ4n) is 3.47. The molecular formula is C21H32N2O3. The average molecular weight is 360 g/mol. The number of alkyl carbamates (subject to hydrolysis) is 1. The maximum absolute atomic E-state index is 13.2. The van der Waals surface area contributed by atoms with Gasteiger partial charge in [-0.3, -0.25) is 4.79 Å². The molecule has 0 saturated heterocycles. The van der Waals surface area contributed by atoms with Crippen LogP contribution in [0.1, 0.15) is 77.8 Å². The molecule has 0 bridgehead atoms. The minimum Gasteiger partial charge on any atom is -0.444 e. The number of hydrogen-bond acceptors (Lipinski definition) is 3. The highest BCUT2D eigenvalue weighted by Crippen LogP contribution is 2.30. The zero-order valence-corrected chi connectivity index (χ0v) is 16.4. The predicted octanol–water partition coefficient (Wildman–Crippen LogP) is 4.48. The summed E-state index contributed by atoms with van der Waals surface area (Å²) in [6, 6.07) is 9.87. The molecule has 2 rings (SSSR count). The van der Waals surface area contributed by atoms with E-state index in [1.165, 1.54) is 0 Å². The maximum Gasteiger partial charge on any atom is 0.408 e. The maximum atomic E-state index is 13.2. The summed E-state index contributed by atoms with van der Waals surface area (Å²) in [4.78, 5) is 25.5. The van der Waals surface area contributed by atoms with E-state index in [1.807, 2.05) is 58.0 Å². The Balaban J connectivity index is 2.14. The Morgan fingerprint density at radius 3 is 2.27 bits per heavy atom. The van der Waals surface area contributed by atoms with Gasteiger partial charge in [-0.05, 0) is 45.6 Å². The third kappa shape index (κ3) is 5.48. The van der Waals surface area contributed by atoms with Crippen molar-refractivity contribution in [1.82, 2.24) is 10.6 Å². The van der Waals surface area contributed by atoms with E-state index in [4.69, 9.17) is 4.74 Å². The van der Waals surface area contributed by atoms with Crippen LogP contribution in [0.2, 0.25) is 0 Å². The lowest BCUT2D eigenvalue weighted by molar-refractivity contribution is -0.130. The van der Waals surface area contributed by atoms with E-state index in [0.717, 1.165) is 31.2 Å². The standard InChI is InChI=1S/C21H32N2O3/c1-5-17(16-12-8-6-9-13-16)22-18(24)21(14-10-7-11-15-21)23-19(25)26-20(2,3)4/h6,8-9,12-13,17H,5,7,10-11,14-15H2,1-4H3,(H,22,24)(H,23,25)/t17-/m0/s1. The lowest BCUT2D eigenvalue weighted by Gasteiger charge is -2.38. The first kappa shape index (κ1) is 20.3. The molecule has 1 saturated carbocycles. The number of carbonyl (C=O) groups excluding carboxylic acids is 2. The van der Waals surface area contributed by atoms with Crippen molar-refractivity contribution < 1.29 is 14.3 Å². The Morgan fingerprint density at radius 2 is 1.73 bits per heavy atom. The molecule has 1 aliphatic carbocycles. The average Bonchev–Trinajstić information content (AvgIpc) is 2.59. The molecular weight excluding hydrogens is 328 g/mol. The minimum atomic E-state index is -0.886. The van der Waals surface area contributed by atoms with Gasteiger partial charge in [-0.15, -0.1) is 0 Å². The second kappa shape index (κ2) is 8.56. The third-order valence-electron chi connectivity index (χ3n) is 4.80. The number of carbonyl (C=O) groups is 2. The van der Waals surface area contributed by atoms with Gasteiger partial charge in [0.15, 0.2) is 0 Å². The highest BCUT2D eigenvalue weighted by atomic mass is 16.6. The number of benzene rings is 1. The van der Waals surface area contributed by atoms with Gasteiger partial charge in [-0.1, -0.05) is 56.5 Å². The van der Waals surface area contributed by atoms with E-state index in [2.05, 4.69) is 10.6 Å². The summed E-state index contributed by atoms with van der Waals surface area (Å²) < 4.78 is 5.40. The summed E-state index contributed by atoms with van der Waals surface area (Å²) in [5.74, 6) is -0.112. The van der Waals surface area contributed by atoms with Crippen LogP contribution in [-0.4, -0.2) is 23.1 Å². The van der Waals surface area contributed by atoms with Gasteiger partial charge in [0.2, 0.25) is 5.91 Å². The van der Waals surface area contributed by atoms with Crippen molar-refractivity contribution >= 4 is 12.0 Å². The van der Waals surface area contributed by atoms with Crippen molar-refractivity contribution in [3.05, 3.63) is 35.9 Å². The summed E-state index contributed by atoms with van der Waals surface area (Å²) >= 11 is 0. The SMILES string of the molecule is CC[C@H](NC(=O)C1(NC(=O)OC(C)(C)C)CCCCC1)c1ccccc1. The van der Waals surface area contributed by atoms with Crippen molar-refractivity contribution in [3.63, 3.8) is 0 Å². The van der Waals surface area contributed by atoms with Gasteiger partial charge in [-0.2, -0.15) is 0 Å². The fourth-order valence-corrected chi connectivity index (χ4v) is 3.47. The van der Waals surface area contributed by atoms with Gasteiger partial charge >= 0.3 is 6.09 Å². The van der Waals surface area contributed by atoms with Crippen LogP contribution in [0.5, 0.6) is 0 Å². The van der Waals surface area contributed by atoms with Crippen LogP contribution in [-0.2, 0) is 9.53 Å². The fraction of sp³-hybridized carbons (Fsp3) is 0.619. The Kier molecular flexibility index (Phi) is 6.68. The van der Waals surface area contributed by atoms with E-state index >= 15 is 0 Å². The van der Waals surface area contributed by atoms with Crippen LogP contribution in [0.4, 0.5) is 4.79 Å². The monoisotopic (exact) mass is 360 g/mol. The third-order valence-corrected chi connectivity index (χ3v) is 4.80. The van der Waals surface area contributed by atoms with Crippen molar-refractivity contribution in [2.24, 2.45) is 0 Å². The van der Waals surface area contributed by atoms with Crippen molar-refractivity contribution in [2.45, 2.75) is 83.4 Å². The molecule has 2 amide bonds. The molecule has 0 unspecified atom stereocenters. The largest absolute Gasteiger partial charge is 0.444 e. The first-order valence-corrected chi connectivity index (χ1v) is 9.63. The molecule has 2 N–H and O–H groups in total. The van der Waals surface area contributed by atoms with Gasteiger partial charge in [-0.25, -0.2) is 4.79 Å². The summed E-state index contributed by atoms with van der Waals surface area (Å²) in [5.41, 5.74) is -0.401. The van der Waals surface area contributed by atoms with Crippen LogP contribution in [0.25, 0.3) is 0 Å². The molecule has 26 heavy (non-hydrogen) atoms. The molecule has 144 valence electrons. The Labute approximate surface area is 156 Å². The lowest BCUT2D eigenvalue weighted by Crippen LogP contribution is -2.60. The van der Waals surface area contributed by atoms with Crippen LogP contribution >= 0.6 is 0 Å². The molecule has 0 radical (unpaired) electrons. The molecule has 1 aromatic carbocycles. The molecule has 5 heteroatoms. The summed E-state index contributed by atoms with van der Waals surface area (Å²) in [7, 11) is 0. The molecule has 0 spiro atoms. The minimum absolute atomic E-state index is 0.0667. The number of rotatable bonds is 5. The number of hydrogen-bond donors (Lipinski definition) is 2. The second-order valence-electron chi connectivity index (χ2n) is 8.11. The molecule has 1 fully saturated rings. The normalized spacial score (nSPS) is 17.8. The van der Waals surface area contributed by atoms with E-state index in [0.29, 0.717) is 12.8 Å². The summed E-state index contributed by atoms with van der Waals surface area (Å²) in [5, 5.41) is 6.05. The number of ether oxygens (including phenoxy) is 1. The van der Waals surface area contributed by atoms with Gasteiger partial charge in [0.1, 0.15) is 11.1 Å². The predicted molar refractivity (Wildman–Crippen MR) is 103 cm³/mol. The van der Waals surface area contributed by atoms with Crippen LogP contribution < -0.4 is 10.6 Å². The Morgan fingerprint density at radius 1 is 1.12 bits per heavy atom. The van der Waals surface area contributed by atoms with Crippen LogP contribution in [0.15, 0.2) is 30.3 Å². The van der Waals surface area contributed by atoms with Crippen molar-refractivity contribution in [3.8, 4) is 0 Å². The highest BCUT2D eigenvalue weighted by Gasteiger charge is 2.42. The Hall–Kier alpha value is -2.04. The first-order chi connectivity index (χ1) is 12.3. The van der Waals surface area contributed by atoms with E-state index in [9.17, 15) is 9.59 Å². The lowest BCUT2D eigenvalue weighted by atomic mass is 9.80. The van der Waals surface area contributed by atoms with Gasteiger partial charge in [0.25, 0.3) is 0 Å². The molecule has 5 nitrogen and oxygen atoms in total. The van der Waals surface area contributed by atoms with Crippen molar-refractivity contribution in [2.75, 3.05) is 0 Å². The van der Waals surface area contributed by atoms with E-state index in [-0.39, 0.29) is 11.9 Å². The smallest absolute Gasteiger partial charge is 0.408 e. The zero-order chi connectivity index (χ0) is 19.2. The van der Waals surface area contributed by atoms with Gasteiger partial charge < -0.3 is 15.4 Å². The van der Waals surface area contributed by atoms with Gasteiger partial charge in [0.05, 0.1) is 6.04 Å². The number of amides is 2. The topological polar surface area (TPSA) is 67.4 Å². The summed E-state index contributed by atoms with van der Waals surface area (Å²) in [6.07, 6.45) is 4.48. The molecule has 1 aromatic rings. The molecule has 1 atom stereocenters. The first-order valence-electron chi connectivity index (χ1n) is 9.63. The molecule has 0 aromatic heterocycles. The van der Waals surface area contributed by atoms with E-state index in [1.54, 1.807) is 0 Å². The van der Waals surface area contributed by atoms with E-state index < -0.39 is 17.2 Å². The highest BCUT2D eigenvalue weighted by molar-refractivity contribution is 5.90. The number of nitrogens with one attached hydrogen (secondary N) is 2.